The van der Waals surface area contributed by atoms with E-state index >= 15 is 0 Å². The molecule has 37 heavy (non-hydrogen) atoms. The smallest absolute Gasteiger partial charge is 0.408 e. The van der Waals surface area contributed by atoms with Crippen LogP contribution >= 0.6 is 0 Å². The van der Waals surface area contributed by atoms with E-state index in [-0.39, 0.29) is 12.3 Å². The molecule has 0 saturated heterocycles. The molecule has 9 nitrogen and oxygen atoms in total. The summed E-state index contributed by atoms with van der Waals surface area (Å²) in [6.07, 6.45) is 0.572. The van der Waals surface area contributed by atoms with Crippen molar-refractivity contribution in [1.82, 2.24) is 10.2 Å². The lowest BCUT2D eigenvalue weighted by atomic mass is 9.99. The molecule has 9 heteroatoms. The van der Waals surface area contributed by atoms with Crippen LogP contribution < -0.4 is 10.6 Å². The van der Waals surface area contributed by atoms with Gasteiger partial charge >= 0.3 is 6.09 Å². The minimum absolute atomic E-state index is 0.0408. The predicted octanol–water partition coefficient (Wildman–Crippen LogP) is 3.90. The van der Waals surface area contributed by atoms with Gasteiger partial charge in [-0.15, -0.1) is 6.58 Å². The molecule has 200 valence electrons. The number of nitrogens with one attached hydrogen (secondary N) is 2. The van der Waals surface area contributed by atoms with Crippen LogP contribution in [0.15, 0.2) is 49.1 Å². The largest absolute Gasteiger partial charge is 0.508 e. The molecule has 2 aromatic carbocycles. The maximum atomic E-state index is 13.8. The third-order valence-corrected chi connectivity index (χ3v) is 5.61. The molecule has 0 saturated carbocycles. The van der Waals surface area contributed by atoms with Crippen molar-refractivity contribution in [2.75, 3.05) is 18.5 Å². The van der Waals surface area contributed by atoms with Gasteiger partial charge in [-0.1, -0.05) is 30.3 Å². The van der Waals surface area contributed by atoms with Crippen LogP contribution in [-0.4, -0.2) is 57.8 Å². The standard InChI is InChI=1S/C28H37N3O6/c1-8-14-31(26(35)21(16-32)29-27(36)37-28(5,6)7)24(20-12-13-22(33)19(4)15-20)25(34)30-23-17(2)10-9-11-18(23)3/h8-13,15,21,24,32-33H,1,14,16H2,2-7H3,(H,29,36)(H,30,34). The average Bonchev–Trinajstić information content (AvgIpc) is 2.80. The van der Waals surface area contributed by atoms with E-state index < -0.39 is 42.2 Å². The van der Waals surface area contributed by atoms with E-state index in [0.717, 1.165) is 11.1 Å². The number of alkyl carbamates (subject to hydrolysis) is 1. The average molecular weight is 512 g/mol. The molecule has 3 amide bonds. The van der Waals surface area contributed by atoms with Crippen LogP contribution in [0.4, 0.5) is 10.5 Å². The molecule has 0 spiro atoms. The number of carbonyl (C=O) groups excluding carboxylic acids is 3. The number of hydrogen-bond donors (Lipinski definition) is 4. The first-order valence-corrected chi connectivity index (χ1v) is 12.0. The number of amides is 3. The van der Waals surface area contributed by atoms with Gasteiger partial charge in [0.15, 0.2) is 0 Å². The third kappa shape index (κ3) is 7.82. The van der Waals surface area contributed by atoms with E-state index in [4.69, 9.17) is 4.74 Å². The molecule has 2 atom stereocenters. The van der Waals surface area contributed by atoms with Gasteiger partial charge in [-0.05, 0) is 75.9 Å². The highest BCUT2D eigenvalue weighted by atomic mass is 16.6. The Labute approximate surface area is 218 Å². The number of aliphatic hydroxyl groups excluding tert-OH is 1. The highest BCUT2D eigenvalue weighted by Crippen LogP contribution is 2.29. The van der Waals surface area contributed by atoms with Crippen molar-refractivity contribution >= 4 is 23.6 Å². The van der Waals surface area contributed by atoms with Gasteiger partial charge in [0.25, 0.3) is 5.91 Å². The van der Waals surface area contributed by atoms with E-state index in [9.17, 15) is 24.6 Å². The number of aliphatic hydroxyl groups is 1. The van der Waals surface area contributed by atoms with E-state index in [1.807, 2.05) is 32.0 Å². The van der Waals surface area contributed by atoms with Crippen molar-refractivity contribution in [2.45, 2.75) is 59.2 Å². The number of benzene rings is 2. The predicted molar refractivity (Wildman–Crippen MR) is 142 cm³/mol. The number of para-hydroxylation sites is 1. The molecule has 0 aromatic heterocycles. The van der Waals surface area contributed by atoms with E-state index in [0.29, 0.717) is 16.8 Å². The zero-order valence-corrected chi connectivity index (χ0v) is 22.3. The second-order valence-electron chi connectivity index (χ2n) is 9.87. The van der Waals surface area contributed by atoms with Crippen molar-refractivity contribution in [1.29, 1.82) is 0 Å². The van der Waals surface area contributed by atoms with Crippen molar-refractivity contribution in [2.24, 2.45) is 0 Å². The lowest BCUT2D eigenvalue weighted by Crippen LogP contribution is -2.53. The second-order valence-corrected chi connectivity index (χ2v) is 9.87. The van der Waals surface area contributed by atoms with E-state index in [2.05, 4.69) is 17.2 Å². The van der Waals surface area contributed by atoms with E-state index in [1.54, 1.807) is 39.8 Å². The molecule has 2 rings (SSSR count). The molecule has 4 N–H and O–H groups in total. The monoisotopic (exact) mass is 511 g/mol. The van der Waals surface area contributed by atoms with Gasteiger partial charge in [0.05, 0.1) is 6.61 Å². The highest BCUT2D eigenvalue weighted by molar-refractivity contribution is 6.00. The topological polar surface area (TPSA) is 128 Å². The summed E-state index contributed by atoms with van der Waals surface area (Å²) in [5.41, 5.74) is 2.43. The number of rotatable bonds is 9. The quantitative estimate of drug-likeness (QED) is 0.378. The first-order valence-electron chi connectivity index (χ1n) is 12.0. The van der Waals surface area contributed by atoms with Gasteiger partial charge in [-0.25, -0.2) is 4.79 Å². The first kappa shape index (κ1) is 29.4. The van der Waals surface area contributed by atoms with Gasteiger partial charge in [0.1, 0.15) is 23.4 Å². The Morgan fingerprint density at radius 3 is 2.22 bits per heavy atom. The fourth-order valence-corrected chi connectivity index (χ4v) is 3.82. The molecular weight excluding hydrogens is 474 g/mol. The normalized spacial score (nSPS) is 12.7. The lowest BCUT2D eigenvalue weighted by molar-refractivity contribution is -0.140. The zero-order chi connectivity index (χ0) is 27.9. The number of aryl methyl sites for hydroxylation is 3. The fourth-order valence-electron chi connectivity index (χ4n) is 3.82. The number of carbonyl (C=O) groups is 3. The summed E-state index contributed by atoms with van der Waals surface area (Å²) in [4.78, 5) is 41.0. The Morgan fingerprint density at radius 2 is 1.70 bits per heavy atom. The molecule has 2 unspecified atom stereocenters. The summed E-state index contributed by atoms with van der Waals surface area (Å²) in [5.74, 6) is -1.17. The molecule has 0 bridgehead atoms. The maximum absolute atomic E-state index is 13.8. The molecule has 0 radical (unpaired) electrons. The molecule has 2 aromatic rings. The number of anilines is 1. The summed E-state index contributed by atoms with van der Waals surface area (Å²) in [6.45, 7) is 13.4. The highest BCUT2D eigenvalue weighted by Gasteiger charge is 2.36. The molecule has 0 fully saturated rings. The van der Waals surface area contributed by atoms with Crippen molar-refractivity contribution in [3.63, 3.8) is 0 Å². The number of aromatic hydroxyl groups is 1. The number of phenols is 1. The molecular formula is C28H37N3O6. The minimum Gasteiger partial charge on any atom is -0.508 e. The number of nitrogens with zero attached hydrogens (tertiary/aromatic N) is 1. The summed E-state index contributed by atoms with van der Waals surface area (Å²) >= 11 is 0. The Morgan fingerprint density at radius 1 is 1.08 bits per heavy atom. The fraction of sp³-hybridized carbons (Fsp3) is 0.393. The van der Waals surface area contributed by atoms with Crippen LogP contribution in [-0.2, 0) is 14.3 Å². The van der Waals surface area contributed by atoms with Gasteiger partial charge in [-0.3, -0.25) is 9.59 Å². The number of hydrogen-bond acceptors (Lipinski definition) is 6. The van der Waals surface area contributed by atoms with Gasteiger partial charge in [0, 0.05) is 12.2 Å². The Hall–Kier alpha value is -3.85. The molecule has 0 aliphatic carbocycles. The maximum Gasteiger partial charge on any atom is 0.408 e. The van der Waals surface area contributed by atoms with E-state index in [1.165, 1.54) is 17.0 Å². The summed E-state index contributed by atoms with van der Waals surface area (Å²) in [5, 5.41) is 25.3. The zero-order valence-electron chi connectivity index (χ0n) is 22.3. The van der Waals surface area contributed by atoms with Gasteiger partial charge in [-0.2, -0.15) is 0 Å². The van der Waals surface area contributed by atoms with Crippen LogP contribution in [0.1, 0.15) is 49.1 Å². The van der Waals surface area contributed by atoms with Gasteiger partial charge < -0.3 is 30.5 Å². The SMILES string of the molecule is C=CCN(C(=O)C(CO)NC(=O)OC(C)(C)C)C(C(=O)Nc1c(C)cccc1C)c1ccc(O)c(C)c1. The van der Waals surface area contributed by atoms with Crippen molar-refractivity contribution < 1.29 is 29.3 Å². The molecule has 0 aliphatic heterocycles. The van der Waals surface area contributed by atoms with Gasteiger partial charge in [0.2, 0.25) is 5.91 Å². The van der Waals surface area contributed by atoms with Crippen LogP contribution in [0.2, 0.25) is 0 Å². The van der Waals surface area contributed by atoms with Crippen LogP contribution in [0.25, 0.3) is 0 Å². The summed E-state index contributed by atoms with van der Waals surface area (Å²) in [7, 11) is 0. The van der Waals surface area contributed by atoms with Crippen molar-refractivity contribution in [3.8, 4) is 5.75 Å². The number of ether oxygens (including phenoxy) is 1. The first-order chi connectivity index (χ1) is 17.3. The van der Waals surface area contributed by atoms with Crippen LogP contribution in [0.3, 0.4) is 0 Å². The third-order valence-electron chi connectivity index (χ3n) is 5.61. The summed E-state index contributed by atoms with van der Waals surface area (Å²) in [6, 6.07) is 7.68. The molecule has 0 heterocycles. The second kappa shape index (κ2) is 12.4. The Balaban J connectivity index is 2.53. The Kier molecular flexibility index (Phi) is 9.85. The molecule has 0 aliphatic rings. The van der Waals surface area contributed by atoms with Crippen LogP contribution in [0.5, 0.6) is 5.75 Å². The lowest BCUT2D eigenvalue weighted by Gasteiger charge is -2.33. The van der Waals surface area contributed by atoms with Crippen LogP contribution in [0, 0.1) is 20.8 Å². The Bertz CT molecular complexity index is 1130. The minimum atomic E-state index is -1.37. The summed E-state index contributed by atoms with van der Waals surface area (Å²) < 4.78 is 5.23. The number of phenolic OH excluding ortho intramolecular Hbond substituents is 1. The van der Waals surface area contributed by atoms with Crippen molar-refractivity contribution in [3.05, 3.63) is 71.3 Å².